The Kier molecular flexibility index (Phi) is 5.01. The minimum atomic E-state index is -0.773. The summed E-state index contributed by atoms with van der Waals surface area (Å²) in [5.74, 6) is -1.78. The number of rotatable bonds is 4. The van der Waals surface area contributed by atoms with Crippen molar-refractivity contribution in [2.45, 2.75) is 26.4 Å². The van der Waals surface area contributed by atoms with Crippen molar-refractivity contribution >= 4 is 17.7 Å². The molecule has 0 saturated heterocycles. The molecule has 0 fully saturated rings. The molecule has 6 nitrogen and oxygen atoms in total. The van der Waals surface area contributed by atoms with Gasteiger partial charge in [-0.3, -0.25) is 9.59 Å². The fraction of sp³-hybridized carbons (Fsp3) is 0.462. The number of carbonyl (C=O) groups is 2. The maximum Gasteiger partial charge on any atom is 0.325 e. The predicted molar refractivity (Wildman–Crippen MR) is 71.9 cm³/mol. The maximum atomic E-state index is 13.5. The van der Waals surface area contributed by atoms with E-state index in [2.05, 4.69) is 15.6 Å². The quantitative estimate of drug-likeness (QED) is 0.815. The van der Waals surface area contributed by atoms with Crippen LogP contribution in [0, 0.1) is 5.82 Å². The number of esters is 1. The summed E-state index contributed by atoms with van der Waals surface area (Å²) in [6.07, 6.45) is 0. The number of ether oxygens (including phenoxy) is 1. The van der Waals surface area contributed by atoms with E-state index in [0.717, 1.165) is 6.07 Å². The van der Waals surface area contributed by atoms with E-state index in [1.54, 1.807) is 27.8 Å². The van der Waals surface area contributed by atoms with E-state index >= 15 is 0 Å². The Morgan fingerprint density at radius 2 is 2.00 bits per heavy atom. The number of pyridine rings is 1. The molecule has 1 amide bonds. The third kappa shape index (κ3) is 4.83. The highest BCUT2D eigenvalue weighted by molar-refractivity contribution is 5.94. The van der Waals surface area contributed by atoms with Gasteiger partial charge in [-0.05, 0) is 32.9 Å². The first-order chi connectivity index (χ1) is 9.23. The molecule has 0 aliphatic rings. The monoisotopic (exact) mass is 283 g/mol. The topological polar surface area (TPSA) is 80.3 Å². The average molecular weight is 283 g/mol. The molecule has 1 aromatic rings. The molecule has 0 aromatic carbocycles. The molecule has 0 bridgehead atoms. The smallest absolute Gasteiger partial charge is 0.325 e. The Morgan fingerprint density at radius 1 is 1.35 bits per heavy atom. The number of carbonyl (C=O) groups excluding carboxylic acids is 2. The number of nitrogens with zero attached hydrogens (tertiary/aromatic N) is 1. The van der Waals surface area contributed by atoms with E-state index in [0.29, 0.717) is 5.82 Å². The van der Waals surface area contributed by atoms with Gasteiger partial charge >= 0.3 is 5.97 Å². The molecule has 0 radical (unpaired) electrons. The summed E-state index contributed by atoms with van der Waals surface area (Å²) in [5, 5.41) is 4.97. The molecule has 0 aliphatic heterocycles. The van der Waals surface area contributed by atoms with E-state index < -0.39 is 23.3 Å². The fourth-order valence-corrected chi connectivity index (χ4v) is 1.35. The second-order valence-corrected chi connectivity index (χ2v) is 5.05. The van der Waals surface area contributed by atoms with Gasteiger partial charge in [0.1, 0.15) is 18.0 Å². The summed E-state index contributed by atoms with van der Waals surface area (Å²) in [6.45, 7) is 4.79. The fourth-order valence-electron chi connectivity index (χ4n) is 1.35. The van der Waals surface area contributed by atoms with Crippen molar-refractivity contribution in [3.8, 4) is 0 Å². The van der Waals surface area contributed by atoms with E-state index in [9.17, 15) is 14.0 Å². The van der Waals surface area contributed by atoms with E-state index in [1.807, 2.05) is 0 Å². The first-order valence-electron chi connectivity index (χ1n) is 6.07. The van der Waals surface area contributed by atoms with Gasteiger partial charge in [0, 0.05) is 7.05 Å². The SMILES string of the molecule is CNc1ccc(F)c(C(=O)NCC(=O)OC(C)(C)C)n1. The van der Waals surface area contributed by atoms with Crippen LogP contribution < -0.4 is 10.6 Å². The van der Waals surface area contributed by atoms with Gasteiger partial charge in [0.2, 0.25) is 0 Å². The largest absolute Gasteiger partial charge is 0.459 e. The van der Waals surface area contributed by atoms with Crippen LogP contribution in [0.3, 0.4) is 0 Å². The van der Waals surface area contributed by atoms with Gasteiger partial charge in [0.25, 0.3) is 5.91 Å². The lowest BCUT2D eigenvalue weighted by Gasteiger charge is -2.19. The molecular weight excluding hydrogens is 265 g/mol. The van der Waals surface area contributed by atoms with Crippen LogP contribution in [0.5, 0.6) is 0 Å². The second-order valence-electron chi connectivity index (χ2n) is 5.05. The molecule has 0 atom stereocenters. The van der Waals surface area contributed by atoms with Crippen molar-refractivity contribution in [3.05, 3.63) is 23.6 Å². The number of halogens is 1. The van der Waals surface area contributed by atoms with Crippen LogP contribution in [0.4, 0.5) is 10.2 Å². The first kappa shape index (κ1) is 15.9. The van der Waals surface area contributed by atoms with Crippen molar-refractivity contribution in [1.29, 1.82) is 0 Å². The molecule has 1 rings (SSSR count). The van der Waals surface area contributed by atoms with Crippen LogP contribution in [-0.4, -0.2) is 36.1 Å². The lowest BCUT2D eigenvalue weighted by molar-refractivity contribution is -0.153. The number of nitrogens with one attached hydrogen (secondary N) is 2. The van der Waals surface area contributed by atoms with E-state index in [-0.39, 0.29) is 12.2 Å². The highest BCUT2D eigenvalue weighted by atomic mass is 19.1. The molecule has 0 unspecified atom stereocenters. The second kappa shape index (κ2) is 6.31. The Morgan fingerprint density at radius 3 is 2.55 bits per heavy atom. The summed E-state index contributed by atoms with van der Waals surface area (Å²) >= 11 is 0. The molecule has 1 aromatic heterocycles. The number of hydrogen-bond acceptors (Lipinski definition) is 5. The minimum Gasteiger partial charge on any atom is -0.459 e. The highest BCUT2D eigenvalue weighted by Crippen LogP contribution is 2.09. The average Bonchev–Trinajstić information content (AvgIpc) is 2.34. The molecule has 0 saturated carbocycles. The van der Waals surface area contributed by atoms with Crippen LogP contribution in [0.15, 0.2) is 12.1 Å². The van der Waals surface area contributed by atoms with Crippen LogP contribution >= 0.6 is 0 Å². The Hall–Kier alpha value is -2.18. The first-order valence-corrected chi connectivity index (χ1v) is 6.07. The Bertz CT molecular complexity index is 512. The number of hydrogen-bond donors (Lipinski definition) is 2. The summed E-state index contributed by atoms with van der Waals surface area (Å²) < 4.78 is 18.5. The summed E-state index contributed by atoms with van der Waals surface area (Å²) in [4.78, 5) is 27.0. The number of amides is 1. The Balaban J connectivity index is 2.66. The van der Waals surface area contributed by atoms with Gasteiger partial charge in [-0.1, -0.05) is 0 Å². The van der Waals surface area contributed by atoms with E-state index in [4.69, 9.17) is 4.74 Å². The zero-order valence-corrected chi connectivity index (χ0v) is 11.9. The predicted octanol–water partition coefficient (Wildman–Crippen LogP) is 1.33. The van der Waals surface area contributed by atoms with Crippen LogP contribution in [0.25, 0.3) is 0 Å². The zero-order valence-electron chi connectivity index (χ0n) is 11.9. The molecule has 2 N–H and O–H groups in total. The number of aromatic nitrogens is 1. The molecule has 7 heteroatoms. The molecule has 20 heavy (non-hydrogen) atoms. The van der Waals surface area contributed by atoms with E-state index in [1.165, 1.54) is 6.07 Å². The molecular formula is C13H18FN3O3. The molecule has 110 valence electrons. The normalized spacial score (nSPS) is 10.8. The standard InChI is InChI=1S/C13H18FN3O3/c1-13(2,3)20-10(18)7-16-12(19)11-8(14)5-6-9(15-4)17-11/h5-6H,7H2,1-4H3,(H,15,17)(H,16,19). The van der Waals surface area contributed by atoms with Crippen molar-refractivity contribution in [3.63, 3.8) is 0 Å². The van der Waals surface area contributed by atoms with Gasteiger partial charge < -0.3 is 15.4 Å². The maximum absolute atomic E-state index is 13.5. The summed E-state index contributed by atoms with van der Waals surface area (Å²) in [5.41, 5.74) is -1.02. The molecule has 1 heterocycles. The van der Waals surface area contributed by atoms with Crippen molar-refractivity contribution in [1.82, 2.24) is 10.3 Å². The van der Waals surface area contributed by atoms with Crippen LogP contribution in [0.2, 0.25) is 0 Å². The third-order valence-electron chi connectivity index (χ3n) is 2.13. The van der Waals surface area contributed by atoms with Gasteiger partial charge in [0.05, 0.1) is 0 Å². The third-order valence-corrected chi connectivity index (χ3v) is 2.13. The van der Waals surface area contributed by atoms with Crippen molar-refractivity contribution < 1.29 is 18.7 Å². The van der Waals surface area contributed by atoms with Crippen molar-refractivity contribution in [2.75, 3.05) is 18.9 Å². The summed E-state index contributed by atoms with van der Waals surface area (Å²) in [6, 6.07) is 2.53. The minimum absolute atomic E-state index is 0.346. The van der Waals surface area contributed by atoms with Gasteiger partial charge in [0.15, 0.2) is 11.5 Å². The zero-order chi connectivity index (χ0) is 15.3. The lowest BCUT2D eigenvalue weighted by atomic mass is 10.2. The van der Waals surface area contributed by atoms with Crippen molar-refractivity contribution in [2.24, 2.45) is 0 Å². The number of anilines is 1. The van der Waals surface area contributed by atoms with Crippen LogP contribution in [-0.2, 0) is 9.53 Å². The Labute approximate surface area is 116 Å². The van der Waals surface area contributed by atoms with Crippen LogP contribution in [0.1, 0.15) is 31.3 Å². The van der Waals surface area contributed by atoms with Gasteiger partial charge in [-0.25, -0.2) is 9.37 Å². The molecule has 0 aliphatic carbocycles. The molecule has 0 spiro atoms. The summed E-state index contributed by atoms with van der Waals surface area (Å²) in [7, 11) is 1.60. The van der Waals surface area contributed by atoms with Gasteiger partial charge in [-0.15, -0.1) is 0 Å². The van der Waals surface area contributed by atoms with Gasteiger partial charge in [-0.2, -0.15) is 0 Å². The highest BCUT2D eigenvalue weighted by Gasteiger charge is 2.19. The lowest BCUT2D eigenvalue weighted by Crippen LogP contribution is -2.35.